The predicted molar refractivity (Wildman–Crippen MR) is 131 cm³/mol. The van der Waals surface area contributed by atoms with E-state index < -0.39 is 11.8 Å². The minimum absolute atomic E-state index is 0.0473. The molecule has 0 spiro atoms. The Morgan fingerprint density at radius 1 is 0.647 bits per heavy atom. The number of rotatable bonds is 4. The van der Waals surface area contributed by atoms with E-state index in [1.54, 1.807) is 24.3 Å². The molecule has 4 nitrogen and oxygen atoms in total. The van der Waals surface area contributed by atoms with Gasteiger partial charge in [0.2, 0.25) is 11.8 Å². The Hall–Kier alpha value is -4.05. The number of hydrogen-bond acceptors (Lipinski definition) is 3. The van der Waals surface area contributed by atoms with Crippen LogP contribution in [0.25, 0.3) is 5.57 Å². The number of fused-ring (bicyclic) bond motifs is 5. The highest BCUT2D eigenvalue weighted by Gasteiger charge is 2.62. The molecule has 1 heterocycles. The summed E-state index contributed by atoms with van der Waals surface area (Å²) in [6, 6.07) is 27.2. The fourth-order valence-electron chi connectivity index (χ4n) is 5.91. The van der Waals surface area contributed by atoms with Gasteiger partial charge in [-0.25, -0.2) is 4.90 Å². The molecule has 2 amide bonds. The highest BCUT2D eigenvalue weighted by Crippen LogP contribution is 2.58. The van der Waals surface area contributed by atoms with Gasteiger partial charge in [0.05, 0.1) is 17.5 Å². The number of imide groups is 1. The Morgan fingerprint density at radius 2 is 1.12 bits per heavy atom. The second kappa shape index (κ2) is 7.77. The number of allylic oxidation sites excluding steroid dienone is 3. The molecule has 4 heteroatoms. The second-order valence-electron chi connectivity index (χ2n) is 9.17. The SMILES string of the molecule is CC(=O)c1ccc(N2C(=O)C3C4C=CC(C4=C(c4ccccc4)c4ccccc4)C3C2=O)cc1. The minimum atomic E-state index is -0.396. The van der Waals surface area contributed by atoms with Crippen molar-refractivity contribution in [2.24, 2.45) is 23.7 Å². The molecule has 3 aromatic carbocycles. The van der Waals surface area contributed by atoms with Gasteiger partial charge in [0.15, 0.2) is 5.78 Å². The van der Waals surface area contributed by atoms with Gasteiger partial charge in [-0.1, -0.05) is 72.8 Å². The molecule has 1 saturated carbocycles. The summed E-state index contributed by atoms with van der Waals surface area (Å²) < 4.78 is 0. The van der Waals surface area contributed by atoms with E-state index in [2.05, 4.69) is 36.4 Å². The van der Waals surface area contributed by atoms with Crippen LogP contribution in [0.3, 0.4) is 0 Å². The quantitative estimate of drug-likeness (QED) is 0.311. The maximum absolute atomic E-state index is 13.6. The summed E-state index contributed by atoms with van der Waals surface area (Å²) in [6.45, 7) is 1.50. The van der Waals surface area contributed by atoms with Gasteiger partial charge in [-0.05, 0) is 53.5 Å². The van der Waals surface area contributed by atoms with Crippen molar-refractivity contribution in [3.05, 3.63) is 119 Å². The number of Topliss-reactive ketones (excluding diaryl/α,β-unsaturated/α-hetero) is 1. The third-order valence-electron chi connectivity index (χ3n) is 7.36. The van der Waals surface area contributed by atoms with E-state index in [4.69, 9.17) is 0 Å². The molecule has 166 valence electrons. The molecule has 34 heavy (non-hydrogen) atoms. The van der Waals surface area contributed by atoms with E-state index in [1.165, 1.54) is 17.4 Å². The Labute approximate surface area is 198 Å². The van der Waals surface area contributed by atoms with Crippen molar-refractivity contribution >= 4 is 28.9 Å². The third kappa shape index (κ3) is 2.95. The molecule has 3 aliphatic rings. The van der Waals surface area contributed by atoms with Gasteiger partial charge < -0.3 is 0 Å². The summed E-state index contributed by atoms with van der Waals surface area (Å²) in [7, 11) is 0. The fraction of sp³-hybridized carbons (Fsp3) is 0.167. The molecule has 0 N–H and O–H groups in total. The molecule has 2 fully saturated rings. The first-order chi connectivity index (χ1) is 16.6. The molecule has 0 aromatic heterocycles. The summed E-state index contributed by atoms with van der Waals surface area (Å²) in [5.41, 5.74) is 5.57. The first-order valence-electron chi connectivity index (χ1n) is 11.6. The average molecular weight is 446 g/mol. The van der Waals surface area contributed by atoms with Crippen LogP contribution in [-0.4, -0.2) is 17.6 Å². The van der Waals surface area contributed by atoms with Crippen LogP contribution in [0.15, 0.2) is 103 Å². The maximum Gasteiger partial charge on any atom is 0.238 e. The van der Waals surface area contributed by atoms with Gasteiger partial charge in [0.25, 0.3) is 0 Å². The smallest absolute Gasteiger partial charge is 0.238 e. The summed E-state index contributed by atoms with van der Waals surface area (Å²) in [5, 5.41) is 0. The second-order valence-corrected chi connectivity index (χ2v) is 9.17. The number of anilines is 1. The van der Waals surface area contributed by atoms with Gasteiger partial charge in [-0.15, -0.1) is 0 Å². The first kappa shape index (κ1) is 20.5. The molecule has 0 radical (unpaired) electrons. The molecule has 1 aliphatic heterocycles. The zero-order valence-electron chi connectivity index (χ0n) is 18.7. The molecule has 4 unspecified atom stereocenters. The molecule has 2 bridgehead atoms. The van der Waals surface area contributed by atoms with Crippen molar-refractivity contribution < 1.29 is 14.4 Å². The van der Waals surface area contributed by atoms with Crippen molar-refractivity contribution in [1.82, 2.24) is 0 Å². The van der Waals surface area contributed by atoms with E-state index in [0.29, 0.717) is 11.3 Å². The lowest BCUT2D eigenvalue weighted by atomic mass is 9.85. The normalized spacial score (nSPS) is 24.6. The lowest BCUT2D eigenvalue weighted by Gasteiger charge is -2.21. The van der Waals surface area contributed by atoms with Crippen LogP contribution in [0.1, 0.15) is 28.4 Å². The number of benzene rings is 3. The van der Waals surface area contributed by atoms with Crippen molar-refractivity contribution in [2.45, 2.75) is 6.92 Å². The van der Waals surface area contributed by atoms with Gasteiger partial charge in [-0.3, -0.25) is 14.4 Å². The van der Waals surface area contributed by atoms with E-state index in [9.17, 15) is 14.4 Å². The van der Waals surface area contributed by atoms with Crippen molar-refractivity contribution in [3.63, 3.8) is 0 Å². The molecular formula is C30H23NO3. The predicted octanol–water partition coefficient (Wildman–Crippen LogP) is 5.31. The van der Waals surface area contributed by atoms with Gasteiger partial charge in [0, 0.05) is 17.4 Å². The first-order valence-corrected chi connectivity index (χ1v) is 11.6. The Morgan fingerprint density at radius 3 is 1.56 bits per heavy atom. The van der Waals surface area contributed by atoms with Crippen LogP contribution in [-0.2, 0) is 9.59 Å². The number of carbonyl (C=O) groups excluding carboxylic acids is 3. The van der Waals surface area contributed by atoms with E-state index in [1.807, 2.05) is 36.4 Å². The van der Waals surface area contributed by atoms with Gasteiger partial charge >= 0.3 is 0 Å². The summed E-state index contributed by atoms with van der Waals surface area (Å²) in [5.74, 6) is -1.36. The molecule has 2 aliphatic carbocycles. The molecular weight excluding hydrogens is 422 g/mol. The van der Waals surface area contributed by atoms with Gasteiger partial charge in [0.1, 0.15) is 0 Å². The Bertz CT molecular complexity index is 1290. The number of amides is 2. The van der Waals surface area contributed by atoms with Gasteiger partial charge in [-0.2, -0.15) is 0 Å². The van der Waals surface area contributed by atoms with Crippen LogP contribution in [0.5, 0.6) is 0 Å². The van der Waals surface area contributed by atoms with E-state index in [-0.39, 0.29) is 29.4 Å². The van der Waals surface area contributed by atoms with Crippen LogP contribution in [0.4, 0.5) is 5.69 Å². The van der Waals surface area contributed by atoms with Crippen molar-refractivity contribution in [2.75, 3.05) is 4.90 Å². The van der Waals surface area contributed by atoms with E-state index >= 15 is 0 Å². The topological polar surface area (TPSA) is 54.5 Å². The fourth-order valence-corrected chi connectivity index (χ4v) is 5.91. The highest BCUT2D eigenvalue weighted by molar-refractivity contribution is 6.23. The lowest BCUT2D eigenvalue weighted by molar-refractivity contribution is -0.122. The molecule has 1 saturated heterocycles. The summed E-state index contributed by atoms with van der Waals surface area (Å²) >= 11 is 0. The number of carbonyl (C=O) groups is 3. The van der Waals surface area contributed by atoms with E-state index in [0.717, 1.165) is 16.7 Å². The minimum Gasteiger partial charge on any atom is -0.295 e. The zero-order valence-corrected chi connectivity index (χ0v) is 18.7. The zero-order chi connectivity index (χ0) is 23.4. The van der Waals surface area contributed by atoms with Crippen LogP contribution in [0.2, 0.25) is 0 Å². The van der Waals surface area contributed by atoms with Crippen LogP contribution in [0, 0.1) is 23.7 Å². The molecule has 3 aromatic rings. The monoisotopic (exact) mass is 445 g/mol. The average Bonchev–Trinajstić information content (AvgIpc) is 3.50. The number of ketones is 1. The highest BCUT2D eigenvalue weighted by atomic mass is 16.2. The molecule has 4 atom stereocenters. The van der Waals surface area contributed by atoms with Crippen molar-refractivity contribution in [1.29, 1.82) is 0 Å². The van der Waals surface area contributed by atoms with Crippen LogP contribution < -0.4 is 4.90 Å². The Balaban J connectivity index is 1.44. The standard InChI is InChI=1S/C30H23NO3/c1-18(32)19-12-14-22(15-13-19)31-29(33)27-23-16-17-24(28(27)30(31)34)26(23)25(20-8-4-2-5-9-20)21-10-6-3-7-11-21/h2-17,23-24,27-28H,1H3. The largest absolute Gasteiger partial charge is 0.295 e. The number of hydrogen-bond donors (Lipinski definition) is 0. The third-order valence-corrected chi connectivity index (χ3v) is 7.36. The summed E-state index contributed by atoms with van der Waals surface area (Å²) in [4.78, 5) is 40.2. The molecule has 6 rings (SSSR count). The number of nitrogens with zero attached hydrogens (tertiary/aromatic N) is 1. The summed E-state index contributed by atoms with van der Waals surface area (Å²) in [6.07, 6.45) is 4.22. The Kier molecular flexibility index (Phi) is 4.70. The lowest BCUT2D eigenvalue weighted by Crippen LogP contribution is -2.33. The van der Waals surface area contributed by atoms with Crippen LogP contribution >= 0.6 is 0 Å². The maximum atomic E-state index is 13.6. The van der Waals surface area contributed by atoms with Crippen molar-refractivity contribution in [3.8, 4) is 0 Å².